The molecule has 0 aliphatic carbocycles. The number of hydrogen-bond donors (Lipinski definition) is 1. The highest BCUT2D eigenvalue weighted by molar-refractivity contribution is 6.32. The van der Waals surface area contributed by atoms with Crippen LogP contribution in [0, 0.1) is 0 Å². The summed E-state index contributed by atoms with van der Waals surface area (Å²) in [5, 5.41) is 9.87. The maximum absolute atomic E-state index is 13.1. The maximum atomic E-state index is 13.1. The number of rotatable bonds is 5. The molecule has 1 N–H and O–H groups in total. The first-order valence-electron chi connectivity index (χ1n) is 9.20. The quantitative estimate of drug-likeness (QED) is 0.418. The summed E-state index contributed by atoms with van der Waals surface area (Å²) in [5.41, 5.74) is -3.07. The van der Waals surface area contributed by atoms with E-state index < -0.39 is 42.0 Å². The first-order valence-corrected chi connectivity index (χ1v) is 9.95. The fourth-order valence-electron chi connectivity index (χ4n) is 2.99. The van der Waals surface area contributed by atoms with Crippen LogP contribution in [0.5, 0.6) is 0 Å². The number of amides is 1. The Hall–Kier alpha value is -2.79. The van der Waals surface area contributed by atoms with Crippen molar-refractivity contribution in [3.8, 4) is 0 Å². The van der Waals surface area contributed by atoms with Crippen molar-refractivity contribution in [3.05, 3.63) is 80.6 Å². The Morgan fingerprint density at radius 2 is 1.61 bits per heavy atom. The molecular formula is C20H14Cl2F6N4O. The highest BCUT2D eigenvalue weighted by Gasteiger charge is 2.37. The van der Waals surface area contributed by atoms with Crippen LogP contribution in [0.4, 0.5) is 26.3 Å². The Morgan fingerprint density at radius 3 is 2.15 bits per heavy atom. The zero-order valence-electron chi connectivity index (χ0n) is 16.6. The van der Waals surface area contributed by atoms with Gasteiger partial charge in [-0.15, -0.1) is 5.10 Å². The summed E-state index contributed by atoms with van der Waals surface area (Å²) < 4.78 is 79.2. The van der Waals surface area contributed by atoms with E-state index in [-0.39, 0.29) is 22.5 Å². The molecular weight excluding hydrogens is 497 g/mol. The van der Waals surface area contributed by atoms with E-state index in [0.29, 0.717) is 22.7 Å². The lowest BCUT2D eigenvalue weighted by molar-refractivity contribution is -0.143. The Kier molecular flexibility index (Phi) is 6.94. The van der Waals surface area contributed by atoms with Crippen molar-refractivity contribution in [1.82, 2.24) is 20.3 Å². The van der Waals surface area contributed by atoms with Crippen molar-refractivity contribution < 1.29 is 31.1 Å². The molecule has 33 heavy (non-hydrogen) atoms. The Bertz CT molecular complexity index is 1140. The van der Waals surface area contributed by atoms with Gasteiger partial charge in [-0.2, -0.15) is 26.3 Å². The number of halogens is 8. The van der Waals surface area contributed by atoms with Crippen LogP contribution in [0.15, 0.2) is 42.5 Å². The topological polar surface area (TPSA) is 59.8 Å². The van der Waals surface area contributed by atoms with E-state index in [4.69, 9.17) is 23.2 Å². The minimum atomic E-state index is -5.00. The highest BCUT2D eigenvalue weighted by Crippen LogP contribution is 2.36. The van der Waals surface area contributed by atoms with Gasteiger partial charge in [-0.25, -0.2) is 4.68 Å². The van der Waals surface area contributed by atoms with E-state index in [1.165, 1.54) is 0 Å². The van der Waals surface area contributed by atoms with E-state index in [2.05, 4.69) is 15.6 Å². The van der Waals surface area contributed by atoms with Gasteiger partial charge in [0.1, 0.15) is 0 Å². The van der Waals surface area contributed by atoms with Crippen molar-refractivity contribution in [2.75, 3.05) is 0 Å². The third-order valence-electron chi connectivity index (χ3n) is 4.59. The summed E-state index contributed by atoms with van der Waals surface area (Å²) in [6.07, 6.45) is -10.00. The van der Waals surface area contributed by atoms with Crippen molar-refractivity contribution in [2.45, 2.75) is 31.9 Å². The lowest BCUT2D eigenvalue weighted by Crippen LogP contribution is -2.27. The predicted molar refractivity (Wildman–Crippen MR) is 108 cm³/mol. The number of carbonyl (C=O) groups excluding carboxylic acids is 1. The second-order valence-electron chi connectivity index (χ2n) is 7.02. The third-order valence-corrected chi connectivity index (χ3v) is 5.31. The lowest BCUT2D eigenvalue weighted by atomic mass is 10.0. The standard InChI is InChI=1S/C20H14Cl2F6N4O/c1-10(14-4-2-3-5-15(14)21)29-18(33)16-17(22)32(31-30-16)9-11-6-12(19(23,24)25)8-13(7-11)20(26,27)28/h2-8,10H,9H2,1H3,(H,29,33)/t10-/m1/s1. The van der Waals surface area contributed by atoms with Gasteiger partial charge in [0.2, 0.25) is 0 Å². The van der Waals surface area contributed by atoms with Crippen LogP contribution in [-0.2, 0) is 18.9 Å². The SMILES string of the molecule is C[C@@H](NC(=O)c1nnn(Cc2cc(C(F)(F)F)cc(C(F)(F)F)c2)c1Cl)c1ccccc1Cl. The molecule has 0 unspecified atom stereocenters. The van der Waals surface area contributed by atoms with E-state index in [1.807, 2.05) is 0 Å². The van der Waals surface area contributed by atoms with Crippen LogP contribution in [0.2, 0.25) is 10.2 Å². The monoisotopic (exact) mass is 510 g/mol. The third kappa shape index (κ3) is 5.77. The molecule has 176 valence electrons. The number of carbonyl (C=O) groups is 1. The maximum Gasteiger partial charge on any atom is 0.416 e. The van der Waals surface area contributed by atoms with Crippen LogP contribution in [0.1, 0.15) is 45.7 Å². The molecule has 0 aliphatic heterocycles. The minimum Gasteiger partial charge on any atom is -0.344 e. The summed E-state index contributed by atoms with van der Waals surface area (Å²) in [5.74, 6) is -0.751. The molecule has 2 aromatic carbocycles. The second kappa shape index (κ2) is 9.22. The molecule has 3 aromatic rings. The van der Waals surface area contributed by atoms with Crippen molar-refractivity contribution in [3.63, 3.8) is 0 Å². The smallest absolute Gasteiger partial charge is 0.344 e. The zero-order valence-corrected chi connectivity index (χ0v) is 18.1. The van der Waals surface area contributed by atoms with Gasteiger partial charge in [0.15, 0.2) is 10.8 Å². The van der Waals surface area contributed by atoms with Crippen LogP contribution < -0.4 is 5.32 Å². The first kappa shape index (κ1) is 24.8. The molecule has 5 nitrogen and oxygen atoms in total. The van der Waals surface area contributed by atoms with Gasteiger partial charge in [0.25, 0.3) is 5.91 Å². The van der Waals surface area contributed by atoms with Crippen LogP contribution in [0.25, 0.3) is 0 Å². The molecule has 0 aliphatic rings. The average molecular weight is 511 g/mol. The van der Waals surface area contributed by atoms with Crippen molar-refractivity contribution in [1.29, 1.82) is 0 Å². The molecule has 0 bridgehead atoms. The van der Waals surface area contributed by atoms with Crippen LogP contribution in [-0.4, -0.2) is 20.9 Å². The molecule has 1 heterocycles. The Balaban J connectivity index is 1.85. The number of nitrogens with zero attached hydrogens (tertiary/aromatic N) is 3. The summed E-state index contributed by atoms with van der Waals surface area (Å²) in [6.45, 7) is 1.07. The molecule has 0 fully saturated rings. The van der Waals surface area contributed by atoms with E-state index in [0.717, 1.165) is 4.68 Å². The normalized spacial score (nSPS) is 13.1. The molecule has 1 atom stereocenters. The highest BCUT2D eigenvalue weighted by atomic mass is 35.5. The average Bonchev–Trinajstić information content (AvgIpc) is 3.07. The number of hydrogen-bond acceptors (Lipinski definition) is 3. The fraction of sp³-hybridized carbons (Fsp3) is 0.250. The van der Waals surface area contributed by atoms with Crippen LogP contribution in [0.3, 0.4) is 0 Å². The zero-order chi connectivity index (χ0) is 24.6. The summed E-state index contributed by atoms with van der Waals surface area (Å²) >= 11 is 12.2. The lowest BCUT2D eigenvalue weighted by Gasteiger charge is -2.15. The molecule has 1 amide bonds. The van der Waals surface area contributed by atoms with E-state index in [1.54, 1.807) is 31.2 Å². The molecule has 0 saturated carbocycles. The summed E-state index contributed by atoms with van der Waals surface area (Å²) in [4.78, 5) is 12.5. The van der Waals surface area contributed by atoms with Gasteiger partial charge in [0, 0.05) is 5.02 Å². The van der Waals surface area contributed by atoms with E-state index >= 15 is 0 Å². The molecule has 0 saturated heterocycles. The molecule has 13 heteroatoms. The van der Waals surface area contributed by atoms with Gasteiger partial charge >= 0.3 is 12.4 Å². The van der Waals surface area contributed by atoms with Gasteiger partial charge in [-0.1, -0.05) is 46.6 Å². The number of alkyl halides is 6. The van der Waals surface area contributed by atoms with Gasteiger partial charge in [-0.3, -0.25) is 4.79 Å². The minimum absolute atomic E-state index is 0.0153. The first-order chi connectivity index (χ1) is 15.3. The van der Waals surface area contributed by atoms with Crippen molar-refractivity contribution in [2.24, 2.45) is 0 Å². The molecule has 0 spiro atoms. The van der Waals surface area contributed by atoms with Gasteiger partial charge in [-0.05, 0) is 42.3 Å². The number of aromatic nitrogens is 3. The fourth-order valence-corrected chi connectivity index (χ4v) is 3.51. The summed E-state index contributed by atoms with van der Waals surface area (Å²) in [6, 6.07) is 7.31. The summed E-state index contributed by atoms with van der Waals surface area (Å²) in [7, 11) is 0. The van der Waals surface area contributed by atoms with Crippen molar-refractivity contribution >= 4 is 29.1 Å². The van der Waals surface area contributed by atoms with Crippen LogP contribution >= 0.6 is 23.2 Å². The van der Waals surface area contributed by atoms with Gasteiger partial charge in [0.05, 0.1) is 23.7 Å². The Labute approximate surface area is 193 Å². The van der Waals surface area contributed by atoms with E-state index in [9.17, 15) is 31.1 Å². The molecule has 1 aromatic heterocycles. The second-order valence-corrected chi connectivity index (χ2v) is 7.78. The number of benzene rings is 2. The molecule has 3 rings (SSSR count). The Morgan fingerprint density at radius 1 is 1.03 bits per heavy atom. The van der Waals surface area contributed by atoms with Gasteiger partial charge < -0.3 is 5.32 Å². The largest absolute Gasteiger partial charge is 0.416 e. The molecule has 0 radical (unpaired) electrons. The predicted octanol–water partition coefficient (Wildman–Crippen LogP) is 6.16. The number of nitrogens with one attached hydrogen (secondary N) is 1.